The summed E-state index contributed by atoms with van der Waals surface area (Å²) in [6.07, 6.45) is -0.332. The topological polar surface area (TPSA) is 36.8 Å². The molecule has 1 aromatic rings. The highest BCUT2D eigenvalue weighted by Crippen LogP contribution is 2.08. The first-order chi connectivity index (χ1) is 5.34. The van der Waals surface area contributed by atoms with E-state index >= 15 is 0 Å². The summed E-state index contributed by atoms with van der Waals surface area (Å²) in [6, 6.07) is 9.70. The molecule has 2 heteroatoms. The average molecular weight is 152 g/mol. The standard InChI is InChI=1S/C9H13NO/c1-10-7-9(11)8-5-3-2-4-6-8/h2-6,9-11H,7H2,1H3/p+1/t9-/m0/s1. The molecule has 0 saturated carbocycles. The van der Waals surface area contributed by atoms with E-state index in [9.17, 15) is 5.11 Å². The summed E-state index contributed by atoms with van der Waals surface area (Å²) in [5.74, 6) is 0. The minimum atomic E-state index is -0.332. The van der Waals surface area contributed by atoms with E-state index in [4.69, 9.17) is 0 Å². The molecular formula is C9H14NO+. The summed E-state index contributed by atoms with van der Waals surface area (Å²) < 4.78 is 0. The lowest BCUT2D eigenvalue weighted by atomic mass is 10.1. The molecule has 0 spiro atoms. The fourth-order valence-electron chi connectivity index (χ4n) is 1.03. The molecule has 0 saturated heterocycles. The van der Waals surface area contributed by atoms with E-state index in [1.165, 1.54) is 0 Å². The van der Waals surface area contributed by atoms with Crippen molar-refractivity contribution in [3.05, 3.63) is 35.9 Å². The molecule has 2 nitrogen and oxygen atoms in total. The van der Waals surface area contributed by atoms with Crippen molar-refractivity contribution in [3.63, 3.8) is 0 Å². The molecular weight excluding hydrogens is 138 g/mol. The van der Waals surface area contributed by atoms with Crippen LogP contribution in [0.1, 0.15) is 11.7 Å². The number of hydrogen-bond acceptors (Lipinski definition) is 1. The van der Waals surface area contributed by atoms with E-state index < -0.39 is 0 Å². The van der Waals surface area contributed by atoms with Crippen molar-refractivity contribution in [2.24, 2.45) is 0 Å². The highest BCUT2D eigenvalue weighted by molar-refractivity contribution is 5.16. The van der Waals surface area contributed by atoms with Gasteiger partial charge in [0.2, 0.25) is 0 Å². The molecule has 0 heterocycles. The zero-order chi connectivity index (χ0) is 8.10. The van der Waals surface area contributed by atoms with Gasteiger partial charge >= 0.3 is 0 Å². The minimum Gasteiger partial charge on any atom is -0.382 e. The molecule has 0 aliphatic rings. The molecule has 11 heavy (non-hydrogen) atoms. The molecule has 0 fully saturated rings. The quantitative estimate of drug-likeness (QED) is 0.624. The Morgan fingerprint density at radius 3 is 2.55 bits per heavy atom. The van der Waals surface area contributed by atoms with Crippen molar-refractivity contribution in [3.8, 4) is 0 Å². The van der Waals surface area contributed by atoms with Gasteiger partial charge in [-0.3, -0.25) is 0 Å². The van der Waals surface area contributed by atoms with Gasteiger partial charge in [0.05, 0.1) is 7.05 Å². The second-order valence-corrected chi connectivity index (χ2v) is 2.57. The molecule has 0 aliphatic heterocycles. The lowest BCUT2D eigenvalue weighted by molar-refractivity contribution is -0.634. The molecule has 0 aromatic heterocycles. The van der Waals surface area contributed by atoms with Gasteiger partial charge in [0, 0.05) is 0 Å². The van der Waals surface area contributed by atoms with Crippen molar-refractivity contribution >= 4 is 0 Å². The maximum atomic E-state index is 9.49. The number of rotatable bonds is 3. The number of likely N-dealkylation sites (N-methyl/N-ethyl adjacent to an activating group) is 1. The predicted octanol–water partition coefficient (Wildman–Crippen LogP) is -0.0868. The van der Waals surface area contributed by atoms with Gasteiger partial charge in [-0.15, -0.1) is 0 Å². The summed E-state index contributed by atoms with van der Waals surface area (Å²) in [5, 5.41) is 11.5. The Bertz CT molecular complexity index is 198. The Balaban J connectivity index is 2.61. The van der Waals surface area contributed by atoms with Gasteiger partial charge in [0.15, 0.2) is 0 Å². The Kier molecular flexibility index (Phi) is 3.08. The Morgan fingerprint density at radius 1 is 1.36 bits per heavy atom. The Hall–Kier alpha value is -0.860. The van der Waals surface area contributed by atoms with Crippen LogP contribution in [0.15, 0.2) is 30.3 Å². The van der Waals surface area contributed by atoms with E-state index in [1.54, 1.807) is 0 Å². The molecule has 0 amide bonds. The Labute approximate surface area is 66.9 Å². The van der Waals surface area contributed by atoms with Crippen LogP contribution in [-0.4, -0.2) is 18.7 Å². The van der Waals surface area contributed by atoms with Crippen LogP contribution < -0.4 is 5.32 Å². The minimum absolute atomic E-state index is 0.332. The summed E-state index contributed by atoms with van der Waals surface area (Å²) in [4.78, 5) is 0. The highest BCUT2D eigenvalue weighted by Gasteiger charge is 2.05. The van der Waals surface area contributed by atoms with Gasteiger partial charge in [0.25, 0.3) is 0 Å². The molecule has 0 radical (unpaired) electrons. The second kappa shape index (κ2) is 4.11. The van der Waals surface area contributed by atoms with E-state index in [1.807, 2.05) is 42.7 Å². The van der Waals surface area contributed by atoms with E-state index in [0.29, 0.717) is 0 Å². The monoisotopic (exact) mass is 152 g/mol. The third kappa shape index (κ3) is 2.33. The van der Waals surface area contributed by atoms with Crippen LogP contribution in [0.4, 0.5) is 0 Å². The first-order valence-electron chi connectivity index (χ1n) is 3.85. The fourth-order valence-corrected chi connectivity index (χ4v) is 1.03. The maximum absolute atomic E-state index is 9.49. The van der Waals surface area contributed by atoms with Gasteiger partial charge in [-0.05, 0) is 5.56 Å². The van der Waals surface area contributed by atoms with Crippen LogP contribution in [0.25, 0.3) is 0 Å². The average Bonchev–Trinajstić information content (AvgIpc) is 2.07. The first kappa shape index (κ1) is 8.24. The Morgan fingerprint density at radius 2 is 2.00 bits per heavy atom. The molecule has 0 bridgehead atoms. The molecule has 60 valence electrons. The lowest BCUT2D eigenvalue weighted by Crippen LogP contribution is -2.80. The van der Waals surface area contributed by atoms with Crippen LogP contribution in [-0.2, 0) is 0 Å². The summed E-state index contributed by atoms with van der Waals surface area (Å²) in [6.45, 7) is 0.726. The van der Waals surface area contributed by atoms with Crippen LogP contribution in [0.3, 0.4) is 0 Å². The van der Waals surface area contributed by atoms with Crippen LogP contribution in [0.2, 0.25) is 0 Å². The van der Waals surface area contributed by atoms with Crippen molar-refractivity contribution < 1.29 is 10.4 Å². The number of quaternary nitrogens is 1. The van der Waals surface area contributed by atoms with Gasteiger partial charge in [-0.2, -0.15) is 0 Å². The number of benzene rings is 1. The predicted molar refractivity (Wildman–Crippen MR) is 44.1 cm³/mol. The summed E-state index contributed by atoms with van der Waals surface area (Å²) >= 11 is 0. The van der Waals surface area contributed by atoms with Crippen LogP contribution >= 0.6 is 0 Å². The largest absolute Gasteiger partial charge is 0.382 e. The zero-order valence-corrected chi connectivity index (χ0v) is 6.70. The lowest BCUT2D eigenvalue weighted by Gasteiger charge is -2.06. The van der Waals surface area contributed by atoms with Crippen molar-refractivity contribution in [2.45, 2.75) is 6.10 Å². The molecule has 1 atom stereocenters. The van der Waals surface area contributed by atoms with E-state index in [-0.39, 0.29) is 6.10 Å². The SMILES string of the molecule is C[NH2+]C[C@H](O)c1ccccc1. The molecule has 0 unspecified atom stereocenters. The molecule has 1 rings (SSSR count). The zero-order valence-electron chi connectivity index (χ0n) is 6.70. The maximum Gasteiger partial charge on any atom is 0.128 e. The third-order valence-electron chi connectivity index (χ3n) is 1.64. The van der Waals surface area contributed by atoms with Crippen molar-refractivity contribution in [2.75, 3.05) is 13.6 Å². The first-order valence-corrected chi connectivity index (χ1v) is 3.85. The number of aliphatic hydroxyl groups is 1. The van der Waals surface area contributed by atoms with E-state index in [0.717, 1.165) is 12.1 Å². The molecule has 3 N–H and O–H groups in total. The van der Waals surface area contributed by atoms with Crippen molar-refractivity contribution in [1.82, 2.24) is 0 Å². The number of aliphatic hydroxyl groups excluding tert-OH is 1. The molecule has 0 aliphatic carbocycles. The number of nitrogens with two attached hydrogens (primary N) is 1. The van der Waals surface area contributed by atoms with Crippen LogP contribution in [0.5, 0.6) is 0 Å². The van der Waals surface area contributed by atoms with Gasteiger partial charge in [-0.1, -0.05) is 30.3 Å². The highest BCUT2D eigenvalue weighted by atomic mass is 16.3. The summed E-state index contributed by atoms with van der Waals surface area (Å²) in [7, 11) is 1.95. The second-order valence-electron chi connectivity index (χ2n) is 2.57. The smallest absolute Gasteiger partial charge is 0.128 e. The third-order valence-corrected chi connectivity index (χ3v) is 1.64. The fraction of sp³-hybridized carbons (Fsp3) is 0.333. The normalized spacial score (nSPS) is 12.9. The van der Waals surface area contributed by atoms with E-state index in [2.05, 4.69) is 0 Å². The summed E-state index contributed by atoms with van der Waals surface area (Å²) in [5.41, 5.74) is 0.991. The molecule has 1 aromatic carbocycles. The van der Waals surface area contributed by atoms with Gasteiger partial charge < -0.3 is 10.4 Å². The number of hydrogen-bond donors (Lipinski definition) is 2. The van der Waals surface area contributed by atoms with Crippen molar-refractivity contribution in [1.29, 1.82) is 0 Å². The van der Waals surface area contributed by atoms with Gasteiger partial charge in [0.1, 0.15) is 12.6 Å². The van der Waals surface area contributed by atoms with Gasteiger partial charge in [-0.25, -0.2) is 0 Å². The van der Waals surface area contributed by atoms with Crippen LogP contribution in [0, 0.1) is 0 Å².